The fourth-order valence-electron chi connectivity index (χ4n) is 1.18. The Morgan fingerprint density at radius 3 is 2.31 bits per heavy atom. The third-order valence-electron chi connectivity index (χ3n) is 1.56. The van der Waals surface area contributed by atoms with Crippen molar-refractivity contribution in [3.63, 3.8) is 0 Å². The maximum Gasteiger partial charge on any atom is 0.251 e. The monoisotopic (exact) mass is 190 g/mol. The maximum atomic E-state index is 12.0. The van der Waals surface area contributed by atoms with Crippen LogP contribution in [0.25, 0.3) is 0 Å². The lowest BCUT2D eigenvalue weighted by atomic mass is 10.2. The van der Waals surface area contributed by atoms with Gasteiger partial charge in [0.25, 0.3) is 6.43 Å². The van der Waals surface area contributed by atoms with Crippen LogP contribution in [0, 0.1) is 17.2 Å². The molecule has 0 amide bonds. The molecule has 0 fully saturated rings. The first-order valence-corrected chi connectivity index (χ1v) is 4.43. The highest BCUT2D eigenvalue weighted by atomic mass is 19.3. The Morgan fingerprint density at radius 1 is 1.31 bits per heavy atom. The van der Waals surface area contributed by atoms with E-state index in [1.807, 2.05) is 19.9 Å². The van der Waals surface area contributed by atoms with Crippen molar-refractivity contribution in [1.82, 2.24) is 4.90 Å². The van der Waals surface area contributed by atoms with Gasteiger partial charge < -0.3 is 0 Å². The van der Waals surface area contributed by atoms with Gasteiger partial charge in [0.2, 0.25) is 0 Å². The van der Waals surface area contributed by atoms with E-state index in [4.69, 9.17) is 5.26 Å². The molecule has 13 heavy (non-hydrogen) atoms. The summed E-state index contributed by atoms with van der Waals surface area (Å²) in [4.78, 5) is 1.64. The zero-order valence-electron chi connectivity index (χ0n) is 8.13. The third-order valence-corrected chi connectivity index (χ3v) is 1.56. The second kappa shape index (κ2) is 6.79. The van der Waals surface area contributed by atoms with Gasteiger partial charge in [-0.3, -0.25) is 4.90 Å². The minimum absolute atomic E-state index is 0.222. The van der Waals surface area contributed by atoms with E-state index in [2.05, 4.69) is 0 Å². The number of nitrogens with zero attached hydrogens (tertiary/aromatic N) is 2. The van der Waals surface area contributed by atoms with Crippen molar-refractivity contribution in [2.24, 2.45) is 5.92 Å². The summed E-state index contributed by atoms with van der Waals surface area (Å²) in [5.41, 5.74) is 0. The second-order valence-electron chi connectivity index (χ2n) is 3.45. The van der Waals surface area contributed by atoms with Crippen LogP contribution in [-0.2, 0) is 0 Å². The van der Waals surface area contributed by atoms with E-state index in [1.54, 1.807) is 4.90 Å². The molecule has 0 rings (SSSR count). The van der Waals surface area contributed by atoms with Gasteiger partial charge in [-0.2, -0.15) is 5.26 Å². The molecule has 0 aliphatic rings. The molecule has 0 N–H and O–H groups in total. The predicted molar refractivity (Wildman–Crippen MR) is 47.5 cm³/mol. The number of nitriles is 1. The number of alkyl halides is 2. The second-order valence-corrected chi connectivity index (χ2v) is 3.45. The molecule has 0 heterocycles. The van der Waals surface area contributed by atoms with Gasteiger partial charge in [-0.1, -0.05) is 13.8 Å². The van der Waals surface area contributed by atoms with E-state index in [0.29, 0.717) is 25.4 Å². The summed E-state index contributed by atoms with van der Waals surface area (Å²) in [5, 5.41) is 8.32. The van der Waals surface area contributed by atoms with Crippen LogP contribution in [-0.4, -0.2) is 31.0 Å². The van der Waals surface area contributed by atoms with E-state index in [9.17, 15) is 8.78 Å². The Kier molecular flexibility index (Phi) is 6.43. The first-order valence-electron chi connectivity index (χ1n) is 4.43. The Labute approximate surface area is 78.1 Å². The van der Waals surface area contributed by atoms with Crippen LogP contribution in [0.1, 0.15) is 20.3 Å². The van der Waals surface area contributed by atoms with E-state index in [-0.39, 0.29) is 6.54 Å². The largest absolute Gasteiger partial charge is 0.296 e. The average molecular weight is 190 g/mol. The van der Waals surface area contributed by atoms with E-state index in [1.165, 1.54) is 0 Å². The molecule has 0 unspecified atom stereocenters. The predicted octanol–water partition coefficient (Wildman–Crippen LogP) is 2.12. The molecule has 0 radical (unpaired) electrons. The molecule has 0 aromatic rings. The number of hydrogen-bond donors (Lipinski definition) is 0. The van der Waals surface area contributed by atoms with Crippen LogP contribution < -0.4 is 0 Å². The zero-order valence-corrected chi connectivity index (χ0v) is 8.13. The van der Waals surface area contributed by atoms with Crippen LogP contribution in [0.4, 0.5) is 8.78 Å². The highest BCUT2D eigenvalue weighted by Gasteiger charge is 2.12. The van der Waals surface area contributed by atoms with Gasteiger partial charge in [-0.25, -0.2) is 8.78 Å². The summed E-state index contributed by atoms with van der Waals surface area (Å²) in [7, 11) is 0. The minimum Gasteiger partial charge on any atom is -0.296 e. The first kappa shape index (κ1) is 12.3. The van der Waals surface area contributed by atoms with Crippen molar-refractivity contribution in [2.45, 2.75) is 26.7 Å². The Balaban J connectivity index is 3.81. The van der Waals surface area contributed by atoms with Crippen molar-refractivity contribution in [3.05, 3.63) is 0 Å². The van der Waals surface area contributed by atoms with Crippen molar-refractivity contribution in [3.8, 4) is 6.07 Å². The van der Waals surface area contributed by atoms with Gasteiger partial charge in [-0.05, 0) is 5.92 Å². The molecule has 0 aliphatic heterocycles. The van der Waals surface area contributed by atoms with Gasteiger partial charge in [0, 0.05) is 19.5 Å². The Morgan fingerprint density at radius 2 is 1.92 bits per heavy atom. The first-order chi connectivity index (χ1) is 6.06. The standard InChI is InChI=1S/C9H16F2N2/c1-8(2)6-13(5-3-4-12)7-9(10)11/h8-9H,3,5-7H2,1-2H3. The molecular weight excluding hydrogens is 174 g/mol. The van der Waals surface area contributed by atoms with Crippen molar-refractivity contribution in [1.29, 1.82) is 5.26 Å². The number of hydrogen-bond acceptors (Lipinski definition) is 2. The average Bonchev–Trinajstić information content (AvgIpc) is 1.98. The molecule has 0 saturated heterocycles. The van der Waals surface area contributed by atoms with Gasteiger partial charge in [0.05, 0.1) is 12.6 Å². The van der Waals surface area contributed by atoms with E-state index in [0.717, 1.165) is 0 Å². The van der Waals surface area contributed by atoms with Crippen molar-refractivity contribution in [2.75, 3.05) is 19.6 Å². The van der Waals surface area contributed by atoms with Gasteiger partial charge >= 0.3 is 0 Å². The van der Waals surface area contributed by atoms with Crippen molar-refractivity contribution < 1.29 is 8.78 Å². The summed E-state index contributed by atoms with van der Waals surface area (Å²) in [6.45, 7) is 4.81. The fourth-order valence-corrected chi connectivity index (χ4v) is 1.18. The highest BCUT2D eigenvalue weighted by molar-refractivity contribution is 4.73. The van der Waals surface area contributed by atoms with Crippen LogP contribution in [0.15, 0.2) is 0 Å². The SMILES string of the molecule is CC(C)CN(CCC#N)CC(F)F. The Bertz CT molecular complexity index is 153. The molecule has 0 aromatic carbocycles. The van der Waals surface area contributed by atoms with Crippen LogP contribution in [0.3, 0.4) is 0 Å². The molecule has 2 nitrogen and oxygen atoms in total. The van der Waals surface area contributed by atoms with Crippen LogP contribution in [0.2, 0.25) is 0 Å². The lowest BCUT2D eigenvalue weighted by Crippen LogP contribution is -2.33. The number of rotatable bonds is 6. The fraction of sp³-hybridized carbons (Fsp3) is 0.889. The molecule has 0 atom stereocenters. The summed E-state index contributed by atoms with van der Waals surface area (Å²) in [6, 6.07) is 1.96. The normalized spacial score (nSPS) is 11.2. The molecule has 0 aliphatic carbocycles. The lowest BCUT2D eigenvalue weighted by Gasteiger charge is -2.22. The third kappa shape index (κ3) is 7.66. The molecule has 0 bridgehead atoms. The molecule has 76 valence electrons. The topological polar surface area (TPSA) is 27.0 Å². The molecule has 0 saturated carbocycles. The van der Waals surface area contributed by atoms with E-state index >= 15 is 0 Å². The van der Waals surface area contributed by atoms with Crippen molar-refractivity contribution >= 4 is 0 Å². The summed E-state index contributed by atoms with van der Waals surface area (Å²) in [6.07, 6.45) is -1.99. The van der Waals surface area contributed by atoms with Gasteiger partial charge in [-0.15, -0.1) is 0 Å². The molecule has 0 aromatic heterocycles. The van der Waals surface area contributed by atoms with E-state index < -0.39 is 6.43 Å². The number of halogens is 2. The maximum absolute atomic E-state index is 12.0. The minimum atomic E-state index is -2.31. The summed E-state index contributed by atoms with van der Waals surface area (Å²) < 4.78 is 24.1. The van der Waals surface area contributed by atoms with Crippen LogP contribution in [0.5, 0.6) is 0 Å². The summed E-state index contributed by atoms with van der Waals surface area (Å²) in [5.74, 6) is 0.359. The quantitative estimate of drug-likeness (QED) is 0.641. The Hall–Kier alpha value is -0.690. The molecule has 4 heteroatoms. The highest BCUT2D eigenvalue weighted by Crippen LogP contribution is 2.03. The smallest absolute Gasteiger partial charge is 0.251 e. The van der Waals surface area contributed by atoms with Crippen LogP contribution >= 0.6 is 0 Å². The summed E-state index contributed by atoms with van der Waals surface area (Å²) >= 11 is 0. The van der Waals surface area contributed by atoms with Gasteiger partial charge in [0.15, 0.2) is 0 Å². The molecule has 0 spiro atoms. The lowest BCUT2D eigenvalue weighted by molar-refractivity contribution is 0.0836. The zero-order chi connectivity index (χ0) is 10.3. The van der Waals surface area contributed by atoms with Gasteiger partial charge in [0.1, 0.15) is 0 Å². The molecular formula is C9H16F2N2.